The molecule has 0 atom stereocenters. The average molecular weight is 292 g/mol. The molecule has 0 spiro atoms. The lowest BCUT2D eigenvalue weighted by molar-refractivity contribution is 0.102. The van der Waals surface area contributed by atoms with Gasteiger partial charge in [-0.25, -0.2) is 0 Å². The quantitative estimate of drug-likeness (QED) is 0.692. The molecule has 2 aromatic rings. The number of benzene rings is 2. The second-order valence-corrected chi connectivity index (χ2v) is 5.14. The van der Waals surface area contributed by atoms with Crippen LogP contribution in [0.5, 0.6) is 0 Å². The summed E-state index contributed by atoms with van der Waals surface area (Å²) in [6.45, 7) is 0. The summed E-state index contributed by atoms with van der Waals surface area (Å²) in [6, 6.07) is 16.4. The van der Waals surface area contributed by atoms with Crippen molar-refractivity contribution < 1.29 is 4.79 Å². The minimum atomic E-state index is -0.217. The standard InChI is InChI=1S/C17H12N2OS/c1-2-13-6-5-7-14(12-13)19-17(20)15-8-3-4-9-16(15)21-11-10-18/h1,3-9,12H,11H2,(H,19,20). The van der Waals surface area contributed by atoms with E-state index < -0.39 is 0 Å². The maximum Gasteiger partial charge on any atom is 0.256 e. The molecule has 0 aromatic heterocycles. The summed E-state index contributed by atoms with van der Waals surface area (Å²) in [5, 5.41) is 11.5. The van der Waals surface area contributed by atoms with Crippen molar-refractivity contribution in [3.05, 3.63) is 59.7 Å². The fourth-order valence-electron chi connectivity index (χ4n) is 1.78. The molecular formula is C17H12N2OS. The third kappa shape index (κ3) is 3.89. The first-order chi connectivity index (χ1) is 10.2. The van der Waals surface area contributed by atoms with E-state index in [0.717, 1.165) is 4.90 Å². The van der Waals surface area contributed by atoms with E-state index in [0.29, 0.717) is 22.6 Å². The molecule has 0 heterocycles. The molecule has 0 bridgehead atoms. The average Bonchev–Trinajstić information content (AvgIpc) is 2.53. The smallest absolute Gasteiger partial charge is 0.256 e. The van der Waals surface area contributed by atoms with Crippen molar-refractivity contribution in [3.63, 3.8) is 0 Å². The van der Waals surface area contributed by atoms with Crippen molar-refractivity contribution in [1.82, 2.24) is 0 Å². The summed E-state index contributed by atoms with van der Waals surface area (Å²) < 4.78 is 0. The number of carbonyl (C=O) groups excluding carboxylic acids is 1. The van der Waals surface area contributed by atoms with Crippen LogP contribution in [0.2, 0.25) is 0 Å². The number of hydrogen-bond acceptors (Lipinski definition) is 3. The van der Waals surface area contributed by atoms with Gasteiger partial charge in [0.25, 0.3) is 5.91 Å². The van der Waals surface area contributed by atoms with Gasteiger partial charge < -0.3 is 5.32 Å². The number of rotatable bonds is 4. The van der Waals surface area contributed by atoms with Crippen LogP contribution in [-0.2, 0) is 0 Å². The Morgan fingerprint density at radius 1 is 1.24 bits per heavy atom. The monoisotopic (exact) mass is 292 g/mol. The van der Waals surface area contributed by atoms with Crippen molar-refractivity contribution in [3.8, 4) is 18.4 Å². The Hall–Kier alpha value is -2.69. The second-order valence-electron chi connectivity index (χ2n) is 4.12. The van der Waals surface area contributed by atoms with Gasteiger partial charge >= 0.3 is 0 Å². The molecule has 1 N–H and O–H groups in total. The molecule has 0 fully saturated rings. The number of anilines is 1. The van der Waals surface area contributed by atoms with Gasteiger partial charge in [0, 0.05) is 16.1 Å². The Balaban J connectivity index is 2.21. The molecule has 3 nitrogen and oxygen atoms in total. The van der Waals surface area contributed by atoms with Crippen LogP contribution in [0, 0.1) is 23.7 Å². The minimum Gasteiger partial charge on any atom is -0.322 e. The number of nitrogens with zero attached hydrogens (tertiary/aromatic N) is 1. The molecule has 2 rings (SSSR count). The van der Waals surface area contributed by atoms with E-state index in [1.165, 1.54) is 11.8 Å². The molecule has 1 amide bonds. The van der Waals surface area contributed by atoms with Gasteiger partial charge in [0.15, 0.2) is 0 Å². The van der Waals surface area contributed by atoms with Crippen LogP contribution in [0.4, 0.5) is 5.69 Å². The molecule has 0 aliphatic heterocycles. The van der Waals surface area contributed by atoms with Gasteiger partial charge in [-0.15, -0.1) is 18.2 Å². The highest BCUT2D eigenvalue weighted by Crippen LogP contribution is 2.23. The third-order valence-electron chi connectivity index (χ3n) is 2.71. The van der Waals surface area contributed by atoms with Gasteiger partial charge in [-0.05, 0) is 30.3 Å². The first-order valence-corrected chi connectivity index (χ1v) is 7.20. The van der Waals surface area contributed by atoms with Crippen LogP contribution in [-0.4, -0.2) is 11.7 Å². The highest BCUT2D eigenvalue weighted by Gasteiger charge is 2.11. The molecule has 102 valence electrons. The maximum atomic E-state index is 12.3. The molecule has 0 radical (unpaired) electrons. The van der Waals surface area contributed by atoms with E-state index in [1.807, 2.05) is 12.1 Å². The van der Waals surface area contributed by atoms with Gasteiger partial charge in [0.2, 0.25) is 0 Å². The lowest BCUT2D eigenvalue weighted by Crippen LogP contribution is -2.13. The van der Waals surface area contributed by atoms with Gasteiger partial charge in [-0.1, -0.05) is 24.1 Å². The second kappa shape index (κ2) is 7.19. The molecule has 4 heteroatoms. The number of terminal acetylenes is 1. The fourth-order valence-corrected chi connectivity index (χ4v) is 2.49. The number of thioether (sulfide) groups is 1. The molecule has 2 aromatic carbocycles. The van der Waals surface area contributed by atoms with Crippen LogP contribution in [0.25, 0.3) is 0 Å². The summed E-state index contributed by atoms with van der Waals surface area (Å²) >= 11 is 1.34. The van der Waals surface area contributed by atoms with Crippen LogP contribution in [0.3, 0.4) is 0 Å². The van der Waals surface area contributed by atoms with Crippen molar-refractivity contribution in [2.45, 2.75) is 4.90 Å². The van der Waals surface area contributed by atoms with E-state index >= 15 is 0 Å². The summed E-state index contributed by atoms with van der Waals surface area (Å²) in [7, 11) is 0. The van der Waals surface area contributed by atoms with Crippen LogP contribution < -0.4 is 5.32 Å². The van der Waals surface area contributed by atoms with Crippen LogP contribution >= 0.6 is 11.8 Å². The number of hydrogen-bond donors (Lipinski definition) is 1. The van der Waals surface area contributed by atoms with Gasteiger partial charge in [0.05, 0.1) is 17.4 Å². The van der Waals surface area contributed by atoms with Crippen LogP contribution in [0.15, 0.2) is 53.4 Å². The Morgan fingerprint density at radius 3 is 2.81 bits per heavy atom. The van der Waals surface area contributed by atoms with Gasteiger partial charge in [-0.3, -0.25) is 4.79 Å². The van der Waals surface area contributed by atoms with Gasteiger partial charge in [-0.2, -0.15) is 5.26 Å². The Bertz CT molecular complexity index is 741. The summed E-state index contributed by atoms with van der Waals surface area (Å²) in [4.78, 5) is 13.1. The van der Waals surface area contributed by atoms with Crippen LogP contribution in [0.1, 0.15) is 15.9 Å². The highest BCUT2D eigenvalue weighted by molar-refractivity contribution is 7.99. The minimum absolute atomic E-state index is 0.217. The molecule has 0 saturated carbocycles. The number of carbonyl (C=O) groups is 1. The summed E-state index contributed by atoms with van der Waals surface area (Å²) in [5.74, 6) is 2.61. The van der Waals surface area contributed by atoms with E-state index in [2.05, 4.69) is 17.3 Å². The van der Waals surface area contributed by atoms with Crippen molar-refractivity contribution in [2.24, 2.45) is 0 Å². The van der Waals surface area contributed by atoms with E-state index in [9.17, 15) is 4.79 Å². The van der Waals surface area contributed by atoms with Crippen molar-refractivity contribution in [2.75, 3.05) is 11.1 Å². The Kier molecular flexibility index (Phi) is 5.04. The summed E-state index contributed by atoms with van der Waals surface area (Å²) in [6.07, 6.45) is 5.34. The molecule has 0 saturated heterocycles. The SMILES string of the molecule is C#Cc1cccc(NC(=O)c2ccccc2SCC#N)c1. The van der Waals surface area contributed by atoms with Gasteiger partial charge in [0.1, 0.15) is 0 Å². The Labute approximate surface area is 128 Å². The highest BCUT2D eigenvalue weighted by atomic mass is 32.2. The lowest BCUT2D eigenvalue weighted by atomic mass is 10.2. The van der Waals surface area contributed by atoms with E-state index in [1.54, 1.807) is 36.4 Å². The summed E-state index contributed by atoms with van der Waals surface area (Å²) in [5.41, 5.74) is 1.90. The largest absolute Gasteiger partial charge is 0.322 e. The maximum absolute atomic E-state index is 12.3. The number of amides is 1. The lowest BCUT2D eigenvalue weighted by Gasteiger charge is -2.09. The molecular weight excluding hydrogens is 280 g/mol. The number of nitrogens with one attached hydrogen (secondary N) is 1. The Morgan fingerprint density at radius 2 is 2.05 bits per heavy atom. The molecule has 0 unspecified atom stereocenters. The predicted octanol–water partition coefficient (Wildman–Crippen LogP) is 3.54. The first-order valence-electron chi connectivity index (χ1n) is 6.21. The molecule has 0 aliphatic rings. The third-order valence-corrected chi connectivity index (χ3v) is 3.65. The zero-order chi connectivity index (χ0) is 15.1. The van der Waals surface area contributed by atoms with E-state index in [-0.39, 0.29) is 5.91 Å². The normalized spacial score (nSPS) is 9.43. The predicted molar refractivity (Wildman–Crippen MR) is 85.1 cm³/mol. The topological polar surface area (TPSA) is 52.9 Å². The number of nitriles is 1. The van der Waals surface area contributed by atoms with E-state index in [4.69, 9.17) is 11.7 Å². The molecule has 21 heavy (non-hydrogen) atoms. The molecule has 0 aliphatic carbocycles. The fraction of sp³-hybridized carbons (Fsp3) is 0.0588. The zero-order valence-electron chi connectivity index (χ0n) is 11.2. The van der Waals surface area contributed by atoms with Crippen molar-refractivity contribution >= 4 is 23.4 Å². The van der Waals surface area contributed by atoms with Crippen molar-refractivity contribution in [1.29, 1.82) is 5.26 Å². The first kappa shape index (κ1) is 14.7. The zero-order valence-corrected chi connectivity index (χ0v) is 12.0.